The van der Waals surface area contributed by atoms with Gasteiger partial charge in [0, 0.05) is 18.7 Å². The number of imidazole rings is 1. The average Bonchev–Trinajstić information content (AvgIpc) is 3.22. The van der Waals surface area contributed by atoms with Gasteiger partial charge in [0.15, 0.2) is 5.82 Å². The van der Waals surface area contributed by atoms with Gasteiger partial charge in [-0.15, -0.1) is 10.2 Å². The zero-order valence-electron chi connectivity index (χ0n) is 13.9. The van der Waals surface area contributed by atoms with Crippen LogP contribution in [0.5, 0.6) is 0 Å². The second-order valence-corrected chi connectivity index (χ2v) is 6.16. The van der Waals surface area contributed by atoms with Gasteiger partial charge in [-0.3, -0.25) is 9.36 Å². The molecule has 25 heavy (non-hydrogen) atoms. The number of fused-ring (bicyclic) bond motifs is 1. The minimum absolute atomic E-state index is 0.174. The van der Waals surface area contributed by atoms with Crippen LogP contribution in [0, 0.1) is 0 Å². The number of amides is 1. The summed E-state index contributed by atoms with van der Waals surface area (Å²) in [7, 11) is 0. The molecule has 0 saturated heterocycles. The molecule has 7 nitrogen and oxygen atoms in total. The van der Waals surface area contributed by atoms with Crippen LogP contribution in [0.4, 0.5) is 0 Å². The summed E-state index contributed by atoms with van der Waals surface area (Å²) in [5.74, 6) is 1.67. The van der Waals surface area contributed by atoms with E-state index in [4.69, 9.17) is 0 Å². The molecule has 0 fully saturated rings. The van der Waals surface area contributed by atoms with E-state index in [1.54, 1.807) is 17.1 Å². The van der Waals surface area contributed by atoms with Gasteiger partial charge in [-0.25, -0.2) is 4.98 Å². The largest absolute Gasteiger partial charge is 0.343 e. The molecule has 0 atom stereocenters. The van der Waals surface area contributed by atoms with Crippen molar-refractivity contribution in [3.63, 3.8) is 0 Å². The van der Waals surface area contributed by atoms with Crippen molar-refractivity contribution in [3.05, 3.63) is 60.2 Å². The Labute approximate surface area is 145 Å². The van der Waals surface area contributed by atoms with Crippen LogP contribution >= 0.6 is 0 Å². The second-order valence-electron chi connectivity index (χ2n) is 6.16. The predicted molar refractivity (Wildman–Crippen MR) is 92.3 cm³/mol. The summed E-state index contributed by atoms with van der Waals surface area (Å²) in [6.07, 6.45) is 7.68. The second kappa shape index (κ2) is 6.88. The lowest BCUT2D eigenvalue weighted by atomic mass is 10.2. The van der Waals surface area contributed by atoms with Crippen LogP contribution in [0.25, 0.3) is 5.69 Å². The normalized spacial score (nSPS) is 13.9. The van der Waals surface area contributed by atoms with Gasteiger partial charge in [0.25, 0.3) is 5.91 Å². The van der Waals surface area contributed by atoms with Gasteiger partial charge in [0.1, 0.15) is 11.5 Å². The van der Waals surface area contributed by atoms with Crippen molar-refractivity contribution in [1.29, 1.82) is 0 Å². The highest BCUT2D eigenvalue weighted by atomic mass is 16.2. The van der Waals surface area contributed by atoms with E-state index in [0.29, 0.717) is 12.2 Å². The van der Waals surface area contributed by atoms with Crippen molar-refractivity contribution < 1.29 is 4.79 Å². The summed E-state index contributed by atoms with van der Waals surface area (Å²) in [6, 6.07) is 9.69. The first-order chi connectivity index (χ1) is 12.3. The molecule has 128 valence electrons. The molecule has 1 amide bonds. The number of rotatable bonds is 4. The van der Waals surface area contributed by atoms with Crippen LogP contribution < -0.4 is 5.32 Å². The Balaban J connectivity index is 1.49. The van der Waals surface area contributed by atoms with Crippen LogP contribution in [0.2, 0.25) is 0 Å². The molecule has 1 aliphatic heterocycles. The molecule has 2 aromatic heterocycles. The van der Waals surface area contributed by atoms with Crippen molar-refractivity contribution in [1.82, 2.24) is 29.6 Å². The highest BCUT2D eigenvalue weighted by molar-refractivity contribution is 5.92. The van der Waals surface area contributed by atoms with E-state index in [-0.39, 0.29) is 5.91 Å². The molecule has 7 heteroatoms. The van der Waals surface area contributed by atoms with E-state index >= 15 is 0 Å². The first-order valence-electron chi connectivity index (χ1n) is 8.60. The maximum Gasteiger partial charge on any atom is 0.270 e. The molecular weight excluding hydrogens is 316 g/mol. The first-order valence-corrected chi connectivity index (χ1v) is 8.60. The molecule has 1 aliphatic rings. The molecule has 0 radical (unpaired) electrons. The van der Waals surface area contributed by atoms with E-state index in [9.17, 15) is 4.79 Å². The lowest BCUT2D eigenvalue weighted by Crippen LogP contribution is -2.26. The summed E-state index contributed by atoms with van der Waals surface area (Å²) in [5.41, 5.74) is 1.41. The van der Waals surface area contributed by atoms with Gasteiger partial charge < -0.3 is 9.88 Å². The maximum absolute atomic E-state index is 12.6. The number of aromatic nitrogens is 5. The molecule has 1 aromatic carbocycles. The molecule has 0 unspecified atom stereocenters. The highest BCUT2D eigenvalue weighted by Gasteiger charge is 2.17. The van der Waals surface area contributed by atoms with Crippen molar-refractivity contribution in [2.24, 2.45) is 0 Å². The molecular formula is C18H20N6O. The number of aryl methyl sites for hydroxylation is 1. The van der Waals surface area contributed by atoms with Gasteiger partial charge in [-0.1, -0.05) is 24.6 Å². The molecule has 0 bridgehead atoms. The maximum atomic E-state index is 12.6. The Kier molecular flexibility index (Phi) is 4.28. The number of benzene rings is 1. The van der Waals surface area contributed by atoms with Crippen LogP contribution in [0.1, 0.15) is 41.4 Å². The summed E-state index contributed by atoms with van der Waals surface area (Å²) >= 11 is 0. The molecule has 0 saturated carbocycles. The fourth-order valence-corrected chi connectivity index (χ4v) is 3.18. The van der Waals surface area contributed by atoms with E-state index < -0.39 is 0 Å². The van der Waals surface area contributed by atoms with E-state index in [1.807, 2.05) is 30.3 Å². The van der Waals surface area contributed by atoms with Gasteiger partial charge >= 0.3 is 0 Å². The molecule has 0 spiro atoms. The van der Waals surface area contributed by atoms with Crippen LogP contribution in [-0.4, -0.2) is 30.2 Å². The van der Waals surface area contributed by atoms with Gasteiger partial charge in [0.05, 0.1) is 19.1 Å². The predicted octanol–water partition coefficient (Wildman–Crippen LogP) is 2.12. The number of carbonyl (C=O) groups excluding carboxylic acids is 1. The quantitative estimate of drug-likeness (QED) is 0.792. The number of nitrogens with one attached hydrogen (secondary N) is 1. The zero-order chi connectivity index (χ0) is 17.1. The Bertz CT molecular complexity index is 867. The van der Waals surface area contributed by atoms with Crippen LogP contribution in [0.3, 0.4) is 0 Å². The lowest BCUT2D eigenvalue weighted by molar-refractivity contribution is 0.0942. The van der Waals surface area contributed by atoms with Gasteiger partial charge in [-0.2, -0.15) is 0 Å². The number of hydrogen-bond donors (Lipinski definition) is 1. The molecule has 4 rings (SSSR count). The number of para-hydroxylation sites is 1. The van der Waals surface area contributed by atoms with Crippen LogP contribution in [-0.2, 0) is 19.5 Å². The average molecular weight is 336 g/mol. The minimum atomic E-state index is -0.174. The number of nitrogens with zero attached hydrogens (tertiary/aromatic N) is 5. The van der Waals surface area contributed by atoms with Crippen molar-refractivity contribution in [3.8, 4) is 5.69 Å². The number of carbonyl (C=O) groups is 1. The monoisotopic (exact) mass is 336 g/mol. The van der Waals surface area contributed by atoms with Gasteiger partial charge in [0.2, 0.25) is 0 Å². The summed E-state index contributed by atoms with van der Waals surface area (Å²) in [4.78, 5) is 16.7. The highest BCUT2D eigenvalue weighted by Crippen LogP contribution is 2.15. The van der Waals surface area contributed by atoms with Crippen molar-refractivity contribution in [2.45, 2.75) is 38.8 Å². The Hall–Kier alpha value is -2.96. The summed E-state index contributed by atoms with van der Waals surface area (Å²) in [5, 5.41) is 11.5. The standard InChI is InChI=1S/C18H20N6O/c25-18(15-11-19-13-24(15)14-7-3-1-4-8-14)20-12-17-22-21-16-9-5-2-6-10-23(16)17/h1,3-4,7-8,11,13H,2,5-6,9-10,12H2,(H,20,25). The Morgan fingerprint density at radius 1 is 1.12 bits per heavy atom. The first kappa shape index (κ1) is 15.6. The molecule has 3 aromatic rings. The van der Waals surface area contributed by atoms with Crippen molar-refractivity contribution >= 4 is 5.91 Å². The topological polar surface area (TPSA) is 77.6 Å². The molecule has 0 aliphatic carbocycles. The third kappa shape index (κ3) is 3.17. The summed E-state index contributed by atoms with van der Waals surface area (Å²) in [6.45, 7) is 1.29. The smallest absolute Gasteiger partial charge is 0.270 e. The molecule has 1 N–H and O–H groups in total. The van der Waals surface area contributed by atoms with E-state index in [1.165, 1.54) is 6.42 Å². The van der Waals surface area contributed by atoms with Crippen LogP contribution in [0.15, 0.2) is 42.9 Å². The van der Waals surface area contributed by atoms with E-state index in [0.717, 1.165) is 43.1 Å². The fraction of sp³-hybridized carbons (Fsp3) is 0.333. The molecule has 3 heterocycles. The SMILES string of the molecule is O=C(NCc1nnc2n1CCCCC2)c1cncn1-c1ccccc1. The van der Waals surface area contributed by atoms with E-state index in [2.05, 4.69) is 25.1 Å². The third-order valence-corrected chi connectivity index (χ3v) is 4.50. The van der Waals surface area contributed by atoms with Crippen molar-refractivity contribution in [2.75, 3.05) is 0 Å². The number of hydrogen-bond acceptors (Lipinski definition) is 4. The Morgan fingerprint density at radius 2 is 2.00 bits per heavy atom. The lowest BCUT2D eigenvalue weighted by Gasteiger charge is -2.10. The fourth-order valence-electron chi connectivity index (χ4n) is 3.18. The Morgan fingerprint density at radius 3 is 2.88 bits per heavy atom. The zero-order valence-corrected chi connectivity index (χ0v) is 13.9. The van der Waals surface area contributed by atoms with Gasteiger partial charge in [-0.05, 0) is 25.0 Å². The minimum Gasteiger partial charge on any atom is -0.343 e. The summed E-state index contributed by atoms with van der Waals surface area (Å²) < 4.78 is 3.92. The third-order valence-electron chi connectivity index (χ3n) is 4.50.